The van der Waals surface area contributed by atoms with Gasteiger partial charge in [-0.3, -0.25) is 24.5 Å². The molecule has 4 aromatic rings. The van der Waals surface area contributed by atoms with Gasteiger partial charge in [0.1, 0.15) is 11.1 Å². The van der Waals surface area contributed by atoms with Crippen molar-refractivity contribution in [1.82, 2.24) is 41.0 Å². The van der Waals surface area contributed by atoms with E-state index in [1.165, 1.54) is 11.8 Å². The Morgan fingerprint density at radius 1 is 0.889 bits per heavy atom. The van der Waals surface area contributed by atoms with Crippen LogP contribution in [0.1, 0.15) is 101 Å². The molecule has 1 aliphatic carbocycles. The number of piperidine rings is 2. The highest BCUT2D eigenvalue weighted by Gasteiger charge is 2.39. The molecule has 0 radical (unpaired) electrons. The normalized spacial score (nSPS) is 20.0. The number of carbonyl (C=O) groups is 5. The van der Waals surface area contributed by atoms with Gasteiger partial charge in [-0.2, -0.15) is 4.98 Å². The average molecular weight is 871 g/mol. The lowest BCUT2D eigenvalue weighted by Gasteiger charge is -2.35. The molecule has 1 atom stereocenters. The second-order valence-corrected chi connectivity index (χ2v) is 16.8. The van der Waals surface area contributed by atoms with Crippen LogP contribution >= 0.6 is 11.6 Å². The highest BCUT2D eigenvalue weighted by atomic mass is 35.5. The number of urea groups is 1. The fraction of sp³-hybridized carbons (Fsp3) is 0.383. The van der Waals surface area contributed by atoms with Gasteiger partial charge in [0, 0.05) is 75.0 Å². The molecule has 16 heteroatoms. The number of rotatable bonds is 11. The summed E-state index contributed by atoms with van der Waals surface area (Å²) in [6.45, 7) is 2.45. The van der Waals surface area contributed by atoms with Gasteiger partial charge in [0.25, 0.3) is 11.8 Å². The molecule has 63 heavy (non-hydrogen) atoms. The van der Waals surface area contributed by atoms with Crippen molar-refractivity contribution >= 4 is 64.4 Å². The van der Waals surface area contributed by atoms with Gasteiger partial charge in [0.05, 0.1) is 17.4 Å². The Kier molecular flexibility index (Phi) is 13.5. The maximum Gasteiger partial charge on any atom is 0.317 e. The number of para-hydroxylation sites is 1. The Labute approximate surface area is 371 Å². The molecule has 4 aliphatic rings. The number of nitrogens with zero attached hydrogens (tertiary/aromatic N) is 4. The second kappa shape index (κ2) is 19.7. The lowest BCUT2D eigenvalue weighted by atomic mass is 9.89. The van der Waals surface area contributed by atoms with Gasteiger partial charge in [-0.05, 0) is 98.4 Å². The number of likely N-dealkylation sites (tertiary alicyclic amines) is 1. The minimum atomic E-state index is -0.649. The third kappa shape index (κ3) is 10.2. The molecule has 0 spiro atoms. The first-order valence-corrected chi connectivity index (χ1v) is 22.0. The molecule has 6 amide bonds. The van der Waals surface area contributed by atoms with Crippen molar-refractivity contribution in [3.8, 4) is 11.8 Å². The fourth-order valence-electron chi connectivity index (χ4n) is 8.86. The zero-order chi connectivity index (χ0) is 43.9. The van der Waals surface area contributed by atoms with Crippen LogP contribution in [0.25, 0.3) is 0 Å². The molecule has 1 saturated carbocycles. The number of carbonyl (C=O) groups excluding carboxylic acids is 5. The summed E-state index contributed by atoms with van der Waals surface area (Å²) in [6.07, 6.45) is 8.28. The molecule has 326 valence electrons. The van der Waals surface area contributed by atoms with Crippen LogP contribution in [-0.4, -0.2) is 94.2 Å². The first kappa shape index (κ1) is 43.2. The van der Waals surface area contributed by atoms with E-state index in [1.807, 2.05) is 35.2 Å². The molecule has 2 saturated heterocycles. The van der Waals surface area contributed by atoms with Crippen LogP contribution in [0.5, 0.6) is 0 Å². The smallest absolute Gasteiger partial charge is 0.317 e. The SMILES string of the molecule is CNC(=O)c1ccccc1Nc1nc(Nc2ccc(C3CCN(C(=O)NC4CCC(NCCC#Cc5cccc6c5CN(C5CCC(=O)NC5=O)C6=O)CC4)CC3)cc2)ncc1Cl. The highest BCUT2D eigenvalue weighted by Crippen LogP contribution is 2.32. The number of hydrogen-bond donors (Lipinski definition) is 6. The minimum Gasteiger partial charge on any atom is -0.355 e. The van der Waals surface area contributed by atoms with Crippen molar-refractivity contribution < 1.29 is 24.0 Å². The Hall–Kier alpha value is -6.50. The largest absolute Gasteiger partial charge is 0.355 e. The van der Waals surface area contributed by atoms with Gasteiger partial charge in [-0.25, -0.2) is 9.78 Å². The zero-order valence-electron chi connectivity index (χ0n) is 35.1. The van der Waals surface area contributed by atoms with Crippen LogP contribution in [0, 0.1) is 11.8 Å². The van der Waals surface area contributed by atoms with E-state index >= 15 is 0 Å². The van der Waals surface area contributed by atoms with Crippen molar-refractivity contribution in [3.63, 3.8) is 0 Å². The van der Waals surface area contributed by atoms with E-state index in [0.29, 0.717) is 78.0 Å². The van der Waals surface area contributed by atoms with Crippen molar-refractivity contribution in [2.45, 2.75) is 88.4 Å². The molecule has 1 unspecified atom stereocenters. The van der Waals surface area contributed by atoms with E-state index in [9.17, 15) is 24.0 Å². The van der Waals surface area contributed by atoms with E-state index < -0.39 is 11.9 Å². The topological polar surface area (TPSA) is 190 Å². The van der Waals surface area contributed by atoms with Gasteiger partial charge in [-0.15, -0.1) is 0 Å². The number of benzene rings is 3. The van der Waals surface area contributed by atoms with Gasteiger partial charge in [0.15, 0.2) is 5.82 Å². The maximum absolute atomic E-state index is 13.3. The molecule has 0 bridgehead atoms. The van der Waals surface area contributed by atoms with Gasteiger partial charge < -0.3 is 36.4 Å². The van der Waals surface area contributed by atoms with Gasteiger partial charge >= 0.3 is 6.03 Å². The zero-order valence-corrected chi connectivity index (χ0v) is 35.9. The summed E-state index contributed by atoms with van der Waals surface area (Å²) in [5.74, 6) is 6.43. The third-order valence-electron chi connectivity index (χ3n) is 12.4. The Morgan fingerprint density at radius 3 is 2.41 bits per heavy atom. The molecule has 15 nitrogen and oxygen atoms in total. The third-order valence-corrected chi connectivity index (χ3v) is 12.6. The summed E-state index contributed by atoms with van der Waals surface area (Å²) in [6, 6.07) is 20.7. The van der Waals surface area contributed by atoms with E-state index in [0.717, 1.165) is 61.9 Å². The molecule has 3 fully saturated rings. The van der Waals surface area contributed by atoms with Crippen molar-refractivity contribution in [3.05, 3.63) is 106 Å². The van der Waals surface area contributed by atoms with Crippen LogP contribution in [0.4, 0.5) is 27.9 Å². The van der Waals surface area contributed by atoms with E-state index in [-0.39, 0.29) is 36.2 Å². The molecular weight excluding hydrogens is 820 g/mol. The fourth-order valence-corrected chi connectivity index (χ4v) is 9.00. The minimum absolute atomic E-state index is 0.0166. The lowest BCUT2D eigenvalue weighted by Crippen LogP contribution is -2.52. The van der Waals surface area contributed by atoms with Crippen LogP contribution in [0.2, 0.25) is 5.02 Å². The number of aromatic nitrogens is 2. The van der Waals surface area contributed by atoms with Crippen molar-refractivity contribution in [1.29, 1.82) is 0 Å². The molecule has 3 aromatic carbocycles. The average Bonchev–Trinajstić information content (AvgIpc) is 3.64. The lowest BCUT2D eigenvalue weighted by molar-refractivity contribution is -0.136. The number of imide groups is 1. The first-order valence-electron chi connectivity index (χ1n) is 21.7. The van der Waals surface area contributed by atoms with Gasteiger partial charge in [0.2, 0.25) is 17.8 Å². The predicted molar refractivity (Wildman–Crippen MR) is 240 cm³/mol. The number of amides is 6. The van der Waals surface area contributed by atoms with Gasteiger partial charge in [-0.1, -0.05) is 53.8 Å². The molecule has 6 N–H and O–H groups in total. The van der Waals surface area contributed by atoms with Crippen LogP contribution < -0.4 is 31.9 Å². The van der Waals surface area contributed by atoms with E-state index in [1.54, 1.807) is 36.2 Å². The Morgan fingerprint density at radius 2 is 1.65 bits per heavy atom. The molecule has 4 heterocycles. The summed E-state index contributed by atoms with van der Waals surface area (Å²) >= 11 is 6.41. The molecule has 8 rings (SSSR count). The summed E-state index contributed by atoms with van der Waals surface area (Å²) in [7, 11) is 1.58. The van der Waals surface area contributed by atoms with Crippen LogP contribution in [-0.2, 0) is 16.1 Å². The summed E-state index contributed by atoms with van der Waals surface area (Å²) in [5, 5.41) is 18.6. The summed E-state index contributed by atoms with van der Waals surface area (Å²) in [5.41, 5.74) is 5.27. The quantitative estimate of drug-likeness (QED) is 0.0596. The number of hydrogen-bond acceptors (Lipinski definition) is 10. The second-order valence-electron chi connectivity index (χ2n) is 16.4. The standard InChI is InChI=1S/C47H51ClN10O5/c1-49-43(60)36-9-2-3-11-39(36)54-42-38(48)27-51-46(56-42)52-33-14-12-29(13-15-33)30-22-25-57(26-23-30)47(63)53-34-18-16-32(17-19-34)50-24-5-4-7-31-8-6-10-35-37(31)28-58(45(35)62)40-20-21-41(59)55-44(40)61/h2-3,6,8-15,27,30,32,34,40,50H,5,16-26,28H2,1H3,(H,49,60)(H,53,63)(H,55,59,61)(H2,51,52,54,56). The number of nitrogens with one attached hydrogen (secondary N) is 6. The van der Waals surface area contributed by atoms with E-state index in [2.05, 4.69) is 65.8 Å². The van der Waals surface area contributed by atoms with Crippen LogP contribution in [0.15, 0.2) is 72.9 Å². The van der Waals surface area contributed by atoms with Crippen LogP contribution in [0.3, 0.4) is 0 Å². The monoisotopic (exact) mass is 870 g/mol. The summed E-state index contributed by atoms with van der Waals surface area (Å²) in [4.78, 5) is 75.2. The molecule has 1 aromatic heterocycles. The van der Waals surface area contributed by atoms with E-state index in [4.69, 9.17) is 11.6 Å². The first-order chi connectivity index (χ1) is 30.6. The van der Waals surface area contributed by atoms with Crippen molar-refractivity contribution in [2.24, 2.45) is 0 Å². The van der Waals surface area contributed by atoms with Crippen molar-refractivity contribution in [2.75, 3.05) is 37.3 Å². The Bertz CT molecular complexity index is 2440. The number of halogens is 1. The number of fused-ring (bicyclic) bond motifs is 1. The molecular formula is C47H51ClN10O5. The summed E-state index contributed by atoms with van der Waals surface area (Å²) < 4.78 is 0. The maximum atomic E-state index is 13.3. The number of anilines is 4. The highest BCUT2D eigenvalue weighted by molar-refractivity contribution is 6.33. The Balaban J connectivity index is 0.737. The molecule has 3 aliphatic heterocycles. The predicted octanol–water partition coefficient (Wildman–Crippen LogP) is 5.97.